The third-order valence-corrected chi connectivity index (χ3v) is 5.45. The minimum absolute atomic E-state index is 0.361. The molecule has 1 N–H and O–H groups in total. The van der Waals surface area contributed by atoms with Gasteiger partial charge in [0.2, 0.25) is 0 Å². The summed E-state index contributed by atoms with van der Waals surface area (Å²) >= 11 is 4.18. The van der Waals surface area contributed by atoms with Gasteiger partial charge >= 0.3 is 0 Å². The van der Waals surface area contributed by atoms with Crippen LogP contribution in [0.1, 0.15) is 6.42 Å². The first kappa shape index (κ1) is 12.0. The van der Waals surface area contributed by atoms with Crippen LogP contribution in [0, 0.1) is 0 Å². The third kappa shape index (κ3) is 4.53. The molecule has 0 amide bonds. The molecule has 2 atom stereocenters. The van der Waals surface area contributed by atoms with Crippen LogP contribution in [-0.2, 0) is 9.47 Å². The molecule has 2 heterocycles. The smallest absolute Gasteiger partial charge is 0.147 e. The van der Waals surface area contributed by atoms with E-state index in [0.717, 1.165) is 31.4 Å². The molecule has 2 aliphatic heterocycles. The summed E-state index contributed by atoms with van der Waals surface area (Å²) in [6, 6.07) is 0. The second-order valence-corrected chi connectivity index (χ2v) is 6.39. The Bertz CT molecular complexity index is 153. The summed E-state index contributed by atoms with van der Waals surface area (Å²) in [7, 11) is 0. The van der Waals surface area contributed by atoms with E-state index in [1.54, 1.807) is 0 Å². The summed E-state index contributed by atoms with van der Waals surface area (Å²) in [5, 5.41) is 4.31. The number of ether oxygens (including phenoxy) is 2. The Morgan fingerprint density at radius 1 is 1.27 bits per heavy atom. The highest BCUT2D eigenvalue weighted by molar-refractivity contribution is 8.06. The lowest BCUT2D eigenvalue weighted by molar-refractivity contribution is -0.137. The second-order valence-electron chi connectivity index (χ2n) is 3.83. The van der Waals surface area contributed by atoms with Crippen molar-refractivity contribution in [2.45, 2.75) is 17.8 Å². The van der Waals surface area contributed by atoms with Crippen LogP contribution in [0.15, 0.2) is 0 Å². The summed E-state index contributed by atoms with van der Waals surface area (Å²) in [6.07, 6.45) is 1.39. The summed E-state index contributed by atoms with van der Waals surface area (Å²) in [5.74, 6) is 3.93. The molecule has 2 saturated heterocycles. The van der Waals surface area contributed by atoms with E-state index in [1.807, 2.05) is 0 Å². The molecule has 2 rings (SSSR count). The predicted molar refractivity (Wildman–Crippen MR) is 66.7 cm³/mol. The molecule has 0 spiro atoms. The monoisotopic (exact) mass is 249 g/mol. The average Bonchev–Trinajstić information content (AvgIpc) is 2.32. The number of nitrogens with one attached hydrogen (secondary N) is 1. The molecule has 0 aromatic heterocycles. The standard InChI is InChI=1S/C10H19NO2S2/c1-2-12-8-13-9(1)5-11-6-10-7-14-3-4-15-10/h9-11H,1-8H2. The topological polar surface area (TPSA) is 30.5 Å². The molecule has 0 radical (unpaired) electrons. The summed E-state index contributed by atoms with van der Waals surface area (Å²) < 4.78 is 10.6. The van der Waals surface area contributed by atoms with Crippen molar-refractivity contribution in [1.29, 1.82) is 0 Å². The van der Waals surface area contributed by atoms with E-state index in [0.29, 0.717) is 12.9 Å². The van der Waals surface area contributed by atoms with E-state index in [2.05, 4.69) is 28.8 Å². The van der Waals surface area contributed by atoms with Crippen LogP contribution in [-0.4, -0.2) is 55.1 Å². The Balaban J connectivity index is 1.53. The van der Waals surface area contributed by atoms with Crippen molar-refractivity contribution >= 4 is 23.5 Å². The van der Waals surface area contributed by atoms with E-state index in [-0.39, 0.29) is 0 Å². The molecule has 15 heavy (non-hydrogen) atoms. The Labute approximate surface area is 100 Å². The normalized spacial score (nSPS) is 32.8. The van der Waals surface area contributed by atoms with Crippen molar-refractivity contribution in [3.8, 4) is 0 Å². The molecule has 2 aliphatic rings. The van der Waals surface area contributed by atoms with Crippen LogP contribution in [0.25, 0.3) is 0 Å². The SMILES string of the molecule is C1CC(CNCC2CSCCS2)OCO1. The Hall–Kier alpha value is 0.580. The van der Waals surface area contributed by atoms with Crippen LogP contribution in [0.5, 0.6) is 0 Å². The zero-order chi connectivity index (χ0) is 10.3. The maximum absolute atomic E-state index is 5.47. The fraction of sp³-hybridized carbons (Fsp3) is 1.00. The van der Waals surface area contributed by atoms with Crippen LogP contribution >= 0.6 is 23.5 Å². The van der Waals surface area contributed by atoms with Gasteiger partial charge in [0, 0.05) is 35.6 Å². The lowest BCUT2D eigenvalue weighted by atomic mass is 10.2. The van der Waals surface area contributed by atoms with Crippen molar-refractivity contribution < 1.29 is 9.47 Å². The molecular formula is C10H19NO2S2. The van der Waals surface area contributed by atoms with Gasteiger partial charge in [0.15, 0.2) is 0 Å². The Morgan fingerprint density at radius 2 is 2.27 bits per heavy atom. The van der Waals surface area contributed by atoms with Gasteiger partial charge < -0.3 is 14.8 Å². The van der Waals surface area contributed by atoms with Crippen LogP contribution in [0.4, 0.5) is 0 Å². The number of rotatable bonds is 4. The van der Waals surface area contributed by atoms with Crippen LogP contribution in [0.2, 0.25) is 0 Å². The minimum atomic E-state index is 0.361. The highest BCUT2D eigenvalue weighted by atomic mass is 32.2. The van der Waals surface area contributed by atoms with Crippen molar-refractivity contribution in [1.82, 2.24) is 5.32 Å². The lowest BCUT2D eigenvalue weighted by Crippen LogP contribution is -2.37. The molecular weight excluding hydrogens is 230 g/mol. The van der Waals surface area contributed by atoms with Gasteiger partial charge in [-0.25, -0.2) is 0 Å². The minimum Gasteiger partial charge on any atom is -0.355 e. The molecule has 0 saturated carbocycles. The van der Waals surface area contributed by atoms with Crippen LogP contribution in [0.3, 0.4) is 0 Å². The zero-order valence-corrected chi connectivity index (χ0v) is 10.6. The molecule has 88 valence electrons. The highest BCUT2D eigenvalue weighted by Gasteiger charge is 2.16. The molecule has 0 aromatic carbocycles. The predicted octanol–water partition coefficient (Wildman–Crippen LogP) is 1.19. The van der Waals surface area contributed by atoms with Gasteiger partial charge in [0.25, 0.3) is 0 Å². The molecule has 2 fully saturated rings. The Morgan fingerprint density at radius 3 is 3.00 bits per heavy atom. The highest BCUT2D eigenvalue weighted by Crippen LogP contribution is 2.23. The van der Waals surface area contributed by atoms with Gasteiger partial charge in [-0.1, -0.05) is 0 Å². The fourth-order valence-corrected chi connectivity index (χ4v) is 4.37. The van der Waals surface area contributed by atoms with E-state index < -0.39 is 0 Å². The first-order valence-corrected chi connectivity index (χ1v) is 7.75. The van der Waals surface area contributed by atoms with E-state index >= 15 is 0 Å². The lowest BCUT2D eigenvalue weighted by Gasteiger charge is -2.25. The van der Waals surface area contributed by atoms with Crippen molar-refractivity contribution in [3.63, 3.8) is 0 Å². The maximum Gasteiger partial charge on any atom is 0.147 e. The van der Waals surface area contributed by atoms with Gasteiger partial charge in [0.1, 0.15) is 6.79 Å². The summed E-state index contributed by atoms with van der Waals surface area (Å²) in [4.78, 5) is 0. The zero-order valence-electron chi connectivity index (χ0n) is 8.94. The third-order valence-electron chi connectivity index (χ3n) is 2.60. The van der Waals surface area contributed by atoms with Gasteiger partial charge in [-0.3, -0.25) is 0 Å². The molecule has 0 aromatic rings. The van der Waals surface area contributed by atoms with E-state index in [9.17, 15) is 0 Å². The molecule has 2 unspecified atom stereocenters. The van der Waals surface area contributed by atoms with Gasteiger partial charge in [-0.2, -0.15) is 23.5 Å². The number of hydrogen-bond donors (Lipinski definition) is 1. The molecule has 5 heteroatoms. The summed E-state index contributed by atoms with van der Waals surface area (Å²) in [5.41, 5.74) is 0. The maximum atomic E-state index is 5.47. The quantitative estimate of drug-likeness (QED) is 0.808. The van der Waals surface area contributed by atoms with Gasteiger partial charge in [0.05, 0.1) is 12.7 Å². The second kappa shape index (κ2) is 7.01. The van der Waals surface area contributed by atoms with Crippen molar-refractivity contribution in [2.24, 2.45) is 0 Å². The van der Waals surface area contributed by atoms with Crippen LogP contribution < -0.4 is 5.32 Å². The van der Waals surface area contributed by atoms with Gasteiger partial charge in [-0.05, 0) is 6.42 Å². The van der Waals surface area contributed by atoms with E-state index in [1.165, 1.54) is 17.3 Å². The van der Waals surface area contributed by atoms with Crippen molar-refractivity contribution in [3.05, 3.63) is 0 Å². The molecule has 0 bridgehead atoms. The summed E-state index contributed by atoms with van der Waals surface area (Å²) in [6.45, 7) is 3.42. The molecule has 3 nitrogen and oxygen atoms in total. The largest absolute Gasteiger partial charge is 0.355 e. The van der Waals surface area contributed by atoms with Crippen molar-refractivity contribution in [2.75, 3.05) is 43.7 Å². The fourth-order valence-electron chi connectivity index (χ4n) is 1.72. The van der Waals surface area contributed by atoms with E-state index in [4.69, 9.17) is 9.47 Å². The molecule has 0 aliphatic carbocycles. The first-order chi connectivity index (χ1) is 7.45. The average molecular weight is 249 g/mol. The van der Waals surface area contributed by atoms with Gasteiger partial charge in [-0.15, -0.1) is 0 Å². The number of thioether (sulfide) groups is 2. The first-order valence-electron chi connectivity index (χ1n) is 5.54. The number of hydrogen-bond acceptors (Lipinski definition) is 5. The Kier molecular flexibility index (Phi) is 5.63.